The number of benzene rings is 1. The van der Waals surface area contributed by atoms with Gasteiger partial charge in [0.1, 0.15) is 5.75 Å². The van der Waals surface area contributed by atoms with E-state index in [1.165, 1.54) is 0 Å². The first kappa shape index (κ1) is 12.7. The maximum Gasteiger partial charge on any atom is 0.173 e. The minimum atomic E-state index is 0.0616. The molecule has 4 nitrogen and oxygen atoms in total. The first-order valence-corrected chi connectivity index (χ1v) is 6.11. The van der Waals surface area contributed by atoms with Crippen molar-refractivity contribution < 1.29 is 9.94 Å². The summed E-state index contributed by atoms with van der Waals surface area (Å²) < 4.78 is 5.21. The van der Waals surface area contributed by atoms with Crippen molar-refractivity contribution in [1.29, 1.82) is 0 Å². The van der Waals surface area contributed by atoms with Crippen LogP contribution in [0.2, 0.25) is 0 Å². The highest BCUT2D eigenvalue weighted by Gasteiger charge is 2.08. The molecule has 0 spiro atoms. The van der Waals surface area contributed by atoms with E-state index in [4.69, 9.17) is 15.7 Å². The quantitative estimate of drug-likeness (QED) is 0.358. The van der Waals surface area contributed by atoms with Gasteiger partial charge in [0.15, 0.2) is 5.84 Å². The molecule has 0 aliphatic heterocycles. The molecule has 1 aromatic carbocycles. The Balaban J connectivity index is 2.97. The highest BCUT2D eigenvalue weighted by Crippen LogP contribution is 2.22. The summed E-state index contributed by atoms with van der Waals surface area (Å²) in [7, 11) is 1.57. The number of hydrogen-bond acceptors (Lipinski definition) is 4. The minimum Gasteiger partial charge on any atom is -0.496 e. The molecule has 0 saturated carbocycles. The number of rotatable bonds is 5. The number of amidine groups is 1. The fourth-order valence-electron chi connectivity index (χ4n) is 1.31. The molecule has 88 valence electrons. The second kappa shape index (κ2) is 6.27. The normalized spacial score (nSPS) is 11.5. The third-order valence-electron chi connectivity index (χ3n) is 2.12. The first-order valence-electron chi connectivity index (χ1n) is 4.95. The fraction of sp³-hybridized carbons (Fsp3) is 0.364. The summed E-state index contributed by atoms with van der Waals surface area (Å²) in [4.78, 5) is 0. The largest absolute Gasteiger partial charge is 0.496 e. The van der Waals surface area contributed by atoms with Crippen LogP contribution in [0.25, 0.3) is 0 Å². The van der Waals surface area contributed by atoms with Crippen LogP contribution in [0.4, 0.5) is 0 Å². The van der Waals surface area contributed by atoms with E-state index in [2.05, 4.69) is 12.1 Å². The maximum absolute atomic E-state index is 8.62. The summed E-state index contributed by atoms with van der Waals surface area (Å²) in [6, 6.07) is 5.67. The summed E-state index contributed by atoms with van der Waals surface area (Å²) in [6.07, 6.45) is 0. The molecule has 1 aromatic rings. The molecule has 3 N–H and O–H groups in total. The van der Waals surface area contributed by atoms with E-state index in [0.717, 1.165) is 17.1 Å². The zero-order chi connectivity index (χ0) is 12.0. The maximum atomic E-state index is 8.62. The van der Waals surface area contributed by atoms with Crippen LogP contribution in [-0.4, -0.2) is 23.9 Å². The molecule has 0 radical (unpaired) electrons. The number of thioether (sulfide) groups is 1. The number of oxime groups is 1. The Morgan fingerprint density at radius 1 is 1.56 bits per heavy atom. The van der Waals surface area contributed by atoms with Gasteiger partial charge in [0.05, 0.1) is 12.7 Å². The summed E-state index contributed by atoms with van der Waals surface area (Å²) in [5, 5.41) is 11.6. The molecule has 16 heavy (non-hydrogen) atoms. The van der Waals surface area contributed by atoms with Crippen LogP contribution in [0.5, 0.6) is 5.75 Å². The number of nitrogens with two attached hydrogens (primary N) is 1. The first-order chi connectivity index (χ1) is 7.72. The van der Waals surface area contributed by atoms with Gasteiger partial charge < -0.3 is 15.7 Å². The van der Waals surface area contributed by atoms with E-state index in [1.54, 1.807) is 13.2 Å². The van der Waals surface area contributed by atoms with E-state index >= 15 is 0 Å². The van der Waals surface area contributed by atoms with Crippen LogP contribution < -0.4 is 10.5 Å². The van der Waals surface area contributed by atoms with Crippen LogP contribution in [0.1, 0.15) is 18.1 Å². The van der Waals surface area contributed by atoms with Crippen LogP contribution in [-0.2, 0) is 5.75 Å². The number of ether oxygens (including phenoxy) is 1. The number of nitrogens with zero attached hydrogens (tertiary/aromatic N) is 1. The molecule has 0 fully saturated rings. The van der Waals surface area contributed by atoms with Crippen molar-refractivity contribution in [2.24, 2.45) is 10.9 Å². The molecule has 1 rings (SSSR count). The molecule has 0 aliphatic carbocycles. The van der Waals surface area contributed by atoms with Gasteiger partial charge in [0, 0.05) is 5.75 Å². The van der Waals surface area contributed by atoms with Crippen molar-refractivity contribution in [3.8, 4) is 5.75 Å². The molecular weight excluding hydrogens is 224 g/mol. The SMILES string of the molecule is CCSCc1ccc(/C(N)=N/O)c(OC)c1. The Hall–Kier alpha value is -1.36. The predicted octanol–water partition coefficient (Wildman–Crippen LogP) is 2.04. The minimum absolute atomic E-state index is 0.0616. The van der Waals surface area contributed by atoms with E-state index in [0.29, 0.717) is 11.3 Å². The lowest BCUT2D eigenvalue weighted by atomic mass is 10.1. The van der Waals surface area contributed by atoms with Crippen LogP contribution >= 0.6 is 11.8 Å². The highest BCUT2D eigenvalue weighted by atomic mass is 32.2. The Kier molecular flexibility index (Phi) is 4.98. The van der Waals surface area contributed by atoms with Crippen molar-refractivity contribution in [2.45, 2.75) is 12.7 Å². The monoisotopic (exact) mass is 240 g/mol. The van der Waals surface area contributed by atoms with Gasteiger partial charge in [0.2, 0.25) is 0 Å². The van der Waals surface area contributed by atoms with Gasteiger partial charge in [-0.05, 0) is 23.4 Å². The molecule has 0 unspecified atom stereocenters. The molecule has 0 atom stereocenters. The molecule has 0 amide bonds. The van der Waals surface area contributed by atoms with E-state index in [1.807, 2.05) is 23.9 Å². The van der Waals surface area contributed by atoms with Crippen LogP contribution in [0.15, 0.2) is 23.4 Å². The van der Waals surface area contributed by atoms with Crippen molar-refractivity contribution in [3.63, 3.8) is 0 Å². The smallest absolute Gasteiger partial charge is 0.173 e. The van der Waals surface area contributed by atoms with Crippen LogP contribution in [0, 0.1) is 0 Å². The van der Waals surface area contributed by atoms with E-state index in [9.17, 15) is 0 Å². The lowest BCUT2D eigenvalue weighted by molar-refractivity contribution is 0.318. The number of methoxy groups -OCH3 is 1. The van der Waals surface area contributed by atoms with E-state index < -0.39 is 0 Å². The van der Waals surface area contributed by atoms with E-state index in [-0.39, 0.29) is 5.84 Å². The molecule has 0 aliphatic rings. The predicted molar refractivity (Wildman–Crippen MR) is 67.3 cm³/mol. The standard InChI is InChI=1S/C11H16N2O2S/c1-3-16-7-8-4-5-9(11(12)13-14)10(6-8)15-2/h4-6,14H,3,7H2,1-2H3,(H2,12,13). The average Bonchev–Trinajstić information content (AvgIpc) is 2.34. The average molecular weight is 240 g/mol. The van der Waals surface area contributed by atoms with Crippen molar-refractivity contribution in [3.05, 3.63) is 29.3 Å². The molecule has 0 aromatic heterocycles. The fourth-order valence-corrected chi connectivity index (χ4v) is 1.93. The Bertz CT molecular complexity index is 380. The van der Waals surface area contributed by atoms with Crippen LogP contribution in [0.3, 0.4) is 0 Å². The second-order valence-corrected chi connectivity index (χ2v) is 4.43. The second-order valence-electron chi connectivity index (χ2n) is 3.16. The third kappa shape index (κ3) is 3.06. The lowest BCUT2D eigenvalue weighted by Crippen LogP contribution is -2.14. The van der Waals surface area contributed by atoms with Gasteiger partial charge in [-0.15, -0.1) is 0 Å². The lowest BCUT2D eigenvalue weighted by Gasteiger charge is -2.09. The van der Waals surface area contributed by atoms with Crippen molar-refractivity contribution in [2.75, 3.05) is 12.9 Å². The molecule has 5 heteroatoms. The van der Waals surface area contributed by atoms with Gasteiger partial charge in [-0.2, -0.15) is 11.8 Å². The van der Waals surface area contributed by atoms with Gasteiger partial charge in [-0.25, -0.2) is 0 Å². The Morgan fingerprint density at radius 3 is 2.88 bits per heavy atom. The van der Waals surface area contributed by atoms with Crippen molar-refractivity contribution >= 4 is 17.6 Å². The summed E-state index contributed by atoms with van der Waals surface area (Å²) in [5.74, 6) is 2.70. The zero-order valence-corrected chi connectivity index (χ0v) is 10.3. The zero-order valence-electron chi connectivity index (χ0n) is 9.43. The summed E-state index contributed by atoms with van der Waals surface area (Å²) in [5.41, 5.74) is 7.31. The van der Waals surface area contributed by atoms with Gasteiger partial charge in [0.25, 0.3) is 0 Å². The Morgan fingerprint density at radius 2 is 2.31 bits per heavy atom. The summed E-state index contributed by atoms with van der Waals surface area (Å²) >= 11 is 1.83. The highest BCUT2D eigenvalue weighted by molar-refractivity contribution is 7.98. The Labute approximate surface area is 99.5 Å². The third-order valence-corrected chi connectivity index (χ3v) is 3.07. The van der Waals surface area contributed by atoms with Gasteiger partial charge in [-0.3, -0.25) is 0 Å². The number of hydrogen-bond donors (Lipinski definition) is 2. The molecule has 0 heterocycles. The molecular formula is C11H16N2O2S. The molecule has 0 saturated heterocycles. The summed E-state index contributed by atoms with van der Waals surface area (Å²) in [6.45, 7) is 2.12. The van der Waals surface area contributed by atoms with Crippen molar-refractivity contribution in [1.82, 2.24) is 0 Å². The molecule has 0 bridgehead atoms. The van der Waals surface area contributed by atoms with Gasteiger partial charge >= 0.3 is 0 Å². The van der Waals surface area contributed by atoms with Gasteiger partial charge in [-0.1, -0.05) is 18.1 Å². The topological polar surface area (TPSA) is 67.8 Å².